The molecule has 0 bridgehead atoms. The third-order valence-electron chi connectivity index (χ3n) is 6.44. The van der Waals surface area contributed by atoms with Crippen LogP contribution in [0.25, 0.3) is 0 Å². The first-order valence-electron chi connectivity index (χ1n) is 12.7. The normalized spacial score (nSPS) is 14.9. The number of alkyl halides is 3. The minimum absolute atomic E-state index is 0.252. The van der Waals surface area contributed by atoms with Crippen molar-refractivity contribution >= 4 is 46.4 Å². The number of carbonyl (C=O) groups is 3. The summed E-state index contributed by atoms with van der Waals surface area (Å²) in [5.74, 6) is -1.75. The minimum atomic E-state index is -4.78. The number of rotatable bonds is 6. The molecule has 11 heteroatoms. The number of anilines is 2. The van der Waals surface area contributed by atoms with Gasteiger partial charge in [-0.1, -0.05) is 84.4 Å². The number of benzene rings is 4. The highest BCUT2D eigenvalue weighted by Crippen LogP contribution is 2.33. The number of hydrogen-bond donors (Lipinski definition) is 2. The van der Waals surface area contributed by atoms with Crippen LogP contribution in [0, 0.1) is 0 Å². The molecule has 0 radical (unpaired) electrons. The van der Waals surface area contributed by atoms with E-state index in [1.165, 1.54) is 18.2 Å². The maximum absolute atomic E-state index is 14.0. The van der Waals surface area contributed by atoms with Crippen molar-refractivity contribution in [1.29, 1.82) is 0 Å². The average Bonchev–Trinajstić information content (AvgIpc) is 3.08. The molecule has 1 aliphatic heterocycles. The van der Waals surface area contributed by atoms with Gasteiger partial charge in [-0.25, -0.2) is 9.79 Å². The maximum Gasteiger partial charge on any atom is 0.417 e. The lowest BCUT2D eigenvalue weighted by Crippen LogP contribution is -2.50. The van der Waals surface area contributed by atoms with Crippen molar-refractivity contribution in [3.05, 3.63) is 130 Å². The van der Waals surface area contributed by atoms with Gasteiger partial charge in [-0.2, -0.15) is 13.2 Å². The largest absolute Gasteiger partial charge is 0.417 e. The second-order valence-electron chi connectivity index (χ2n) is 9.26. The summed E-state index contributed by atoms with van der Waals surface area (Å²) in [5.41, 5.74) is 0.339. The van der Waals surface area contributed by atoms with E-state index in [0.29, 0.717) is 27.5 Å². The van der Waals surface area contributed by atoms with Crippen molar-refractivity contribution in [3.63, 3.8) is 0 Å². The molecule has 0 saturated carbocycles. The molecule has 4 aromatic carbocycles. The average molecular weight is 591 g/mol. The summed E-state index contributed by atoms with van der Waals surface area (Å²) >= 11 is 6.00. The number of urea groups is 1. The number of nitrogens with zero attached hydrogens (tertiary/aromatic N) is 2. The van der Waals surface area contributed by atoms with Gasteiger partial charge in [0.15, 0.2) is 5.78 Å². The number of hydrogen-bond acceptors (Lipinski definition) is 4. The van der Waals surface area contributed by atoms with Crippen LogP contribution in [0.4, 0.5) is 29.3 Å². The molecule has 0 saturated heterocycles. The van der Waals surface area contributed by atoms with Gasteiger partial charge in [0.05, 0.1) is 23.5 Å². The van der Waals surface area contributed by atoms with Crippen LogP contribution in [-0.2, 0) is 11.0 Å². The summed E-state index contributed by atoms with van der Waals surface area (Å²) in [6.07, 6.45) is -6.31. The third-order valence-corrected chi connectivity index (χ3v) is 6.68. The summed E-state index contributed by atoms with van der Waals surface area (Å²) in [4.78, 5) is 45.9. The van der Waals surface area contributed by atoms with Gasteiger partial charge in [0, 0.05) is 27.4 Å². The SMILES string of the molecule is O=C(Nc1cccc(Cl)c1)N[C@@H]1N=C(c2ccccc2)c2ccccc2N(CC(=O)c2ccccc2C(F)(F)F)C1=O. The number of nitrogens with one attached hydrogen (secondary N) is 2. The third kappa shape index (κ3) is 6.18. The van der Waals surface area contributed by atoms with E-state index in [1.807, 2.05) is 0 Å². The maximum atomic E-state index is 14.0. The van der Waals surface area contributed by atoms with Gasteiger partial charge < -0.3 is 15.5 Å². The second-order valence-corrected chi connectivity index (χ2v) is 9.70. The molecule has 7 nitrogen and oxygen atoms in total. The number of aliphatic imine (C=N–C) groups is 1. The predicted octanol–water partition coefficient (Wildman–Crippen LogP) is 6.57. The Morgan fingerprint density at radius 1 is 0.881 bits per heavy atom. The van der Waals surface area contributed by atoms with Gasteiger partial charge in [0.25, 0.3) is 5.91 Å². The molecule has 42 heavy (non-hydrogen) atoms. The number of ketones is 1. The number of amides is 3. The zero-order valence-electron chi connectivity index (χ0n) is 21.7. The number of fused-ring (bicyclic) bond motifs is 1. The molecule has 0 fully saturated rings. The first-order valence-corrected chi connectivity index (χ1v) is 13.1. The molecule has 0 aliphatic carbocycles. The zero-order chi connectivity index (χ0) is 29.9. The van der Waals surface area contributed by atoms with E-state index in [4.69, 9.17) is 11.6 Å². The fourth-order valence-electron chi connectivity index (χ4n) is 4.57. The summed E-state index contributed by atoms with van der Waals surface area (Å²) in [7, 11) is 0. The molecule has 1 atom stereocenters. The number of benzodiazepines with no additional fused rings is 1. The number of halogens is 4. The Kier molecular flexibility index (Phi) is 8.08. The summed E-state index contributed by atoms with van der Waals surface area (Å²) in [5, 5.41) is 5.49. The van der Waals surface area contributed by atoms with E-state index >= 15 is 0 Å². The van der Waals surface area contributed by atoms with Crippen molar-refractivity contribution in [1.82, 2.24) is 5.32 Å². The van der Waals surface area contributed by atoms with E-state index in [1.54, 1.807) is 72.8 Å². The Bertz CT molecular complexity index is 1690. The number of para-hydroxylation sites is 1. The van der Waals surface area contributed by atoms with Crippen LogP contribution < -0.4 is 15.5 Å². The van der Waals surface area contributed by atoms with Crippen molar-refractivity contribution in [2.24, 2.45) is 4.99 Å². The Morgan fingerprint density at radius 3 is 2.31 bits per heavy atom. The van der Waals surface area contributed by atoms with Gasteiger partial charge in [-0.3, -0.25) is 9.59 Å². The van der Waals surface area contributed by atoms with Gasteiger partial charge in [0.1, 0.15) is 0 Å². The van der Waals surface area contributed by atoms with E-state index in [9.17, 15) is 27.6 Å². The molecule has 5 rings (SSSR count). The predicted molar refractivity (Wildman–Crippen MR) is 154 cm³/mol. The first kappa shape index (κ1) is 28.6. The summed E-state index contributed by atoms with van der Waals surface area (Å²) in [6.45, 7) is -0.728. The lowest BCUT2D eigenvalue weighted by atomic mass is 9.99. The van der Waals surface area contributed by atoms with Crippen LogP contribution in [0.5, 0.6) is 0 Å². The fourth-order valence-corrected chi connectivity index (χ4v) is 4.76. The van der Waals surface area contributed by atoms with Gasteiger partial charge in [0.2, 0.25) is 6.17 Å². The molecule has 0 unspecified atom stereocenters. The molecule has 0 aromatic heterocycles. The van der Waals surface area contributed by atoms with Crippen LogP contribution in [0.15, 0.2) is 108 Å². The first-order chi connectivity index (χ1) is 20.1. The highest BCUT2D eigenvalue weighted by molar-refractivity contribution is 6.31. The van der Waals surface area contributed by atoms with E-state index in [0.717, 1.165) is 17.0 Å². The van der Waals surface area contributed by atoms with Crippen LogP contribution in [-0.4, -0.2) is 36.1 Å². The van der Waals surface area contributed by atoms with Crippen molar-refractivity contribution < 1.29 is 27.6 Å². The minimum Gasteiger partial charge on any atom is -0.308 e. The number of carbonyl (C=O) groups excluding carboxylic acids is 3. The van der Waals surface area contributed by atoms with Gasteiger partial charge in [-0.15, -0.1) is 0 Å². The Balaban J connectivity index is 1.55. The lowest BCUT2D eigenvalue weighted by Gasteiger charge is -2.25. The van der Waals surface area contributed by atoms with E-state index < -0.39 is 47.7 Å². The van der Waals surface area contributed by atoms with Crippen LogP contribution >= 0.6 is 11.6 Å². The van der Waals surface area contributed by atoms with Crippen LogP contribution in [0.1, 0.15) is 27.0 Å². The molecule has 4 aromatic rings. The Labute approximate surface area is 243 Å². The quantitative estimate of drug-likeness (QED) is 0.249. The molecule has 3 amide bonds. The lowest BCUT2D eigenvalue weighted by molar-refractivity contribution is -0.137. The zero-order valence-corrected chi connectivity index (χ0v) is 22.5. The van der Waals surface area contributed by atoms with Crippen molar-refractivity contribution in [2.75, 3.05) is 16.8 Å². The van der Waals surface area contributed by atoms with Crippen LogP contribution in [0.2, 0.25) is 5.02 Å². The molecule has 1 aliphatic rings. The fraction of sp³-hybridized carbons (Fsp3) is 0.0968. The van der Waals surface area contributed by atoms with Crippen LogP contribution in [0.3, 0.4) is 0 Å². The standard InChI is InChI=1S/C31H22ClF3N4O3/c32-20-11-8-12-21(17-20)36-30(42)38-28-29(41)39(18-26(40)22-13-4-6-15-24(22)31(33,34)35)25-16-7-5-14-23(25)27(37-28)19-9-2-1-3-10-19/h1-17,28H,18H2,(H2,36,38,42)/t28-/m0/s1. The Morgan fingerprint density at radius 2 is 1.57 bits per heavy atom. The van der Waals surface area contributed by atoms with Gasteiger partial charge >= 0.3 is 12.2 Å². The molecular formula is C31H22ClF3N4O3. The smallest absolute Gasteiger partial charge is 0.308 e. The molecular weight excluding hydrogens is 569 g/mol. The molecule has 2 N–H and O–H groups in total. The highest BCUT2D eigenvalue weighted by Gasteiger charge is 2.38. The molecule has 1 heterocycles. The van der Waals surface area contributed by atoms with Crippen molar-refractivity contribution in [3.8, 4) is 0 Å². The molecule has 212 valence electrons. The summed E-state index contributed by atoms with van der Waals surface area (Å²) < 4.78 is 41.1. The second kappa shape index (κ2) is 11.9. The highest BCUT2D eigenvalue weighted by atomic mass is 35.5. The molecule has 0 spiro atoms. The van der Waals surface area contributed by atoms with E-state index in [2.05, 4.69) is 15.6 Å². The topological polar surface area (TPSA) is 90.9 Å². The number of Topliss-reactive ketones (excluding diaryl/α,β-unsaturated/α-hetero) is 1. The monoisotopic (exact) mass is 590 g/mol. The van der Waals surface area contributed by atoms with Gasteiger partial charge in [-0.05, 0) is 30.3 Å². The summed E-state index contributed by atoms with van der Waals surface area (Å²) in [6, 6.07) is 25.4. The van der Waals surface area contributed by atoms with Crippen molar-refractivity contribution in [2.45, 2.75) is 12.3 Å². The van der Waals surface area contributed by atoms with E-state index in [-0.39, 0.29) is 5.69 Å². The Hall–Kier alpha value is -4.96.